The van der Waals surface area contributed by atoms with E-state index in [-0.39, 0.29) is 12.6 Å². The van der Waals surface area contributed by atoms with Gasteiger partial charge in [0.2, 0.25) is 0 Å². The van der Waals surface area contributed by atoms with Gasteiger partial charge >= 0.3 is 0 Å². The summed E-state index contributed by atoms with van der Waals surface area (Å²) in [5.41, 5.74) is 1.09. The molecule has 1 unspecified atom stereocenters. The van der Waals surface area contributed by atoms with Gasteiger partial charge in [-0.05, 0) is 18.1 Å². The van der Waals surface area contributed by atoms with Crippen LogP contribution in [-0.4, -0.2) is 29.8 Å². The smallest absolute Gasteiger partial charge is 0.0637 e. The Labute approximate surface area is 85.4 Å². The van der Waals surface area contributed by atoms with Gasteiger partial charge in [-0.2, -0.15) is 0 Å². The first-order valence-corrected chi connectivity index (χ1v) is 4.90. The summed E-state index contributed by atoms with van der Waals surface area (Å²) in [4.78, 5) is 6.06. The molecule has 0 saturated heterocycles. The van der Waals surface area contributed by atoms with Crippen molar-refractivity contribution in [1.82, 2.24) is 4.98 Å². The van der Waals surface area contributed by atoms with Crippen molar-refractivity contribution in [3.05, 3.63) is 24.5 Å². The molecule has 0 aliphatic carbocycles. The highest BCUT2D eigenvalue weighted by Crippen LogP contribution is 2.17. The summed E-state index contributed by atoms with van der Waals surface area (Å²) in [6, 6.07) is 4.06. The molecule has 0 saturated carbocycles. The van der Waals surface area contributed by atoms with E-state index in [0.717, 1.165) is 5.69 Å². The van der Waals surface area contributed by atoms with Crippen molar-refractivity contribution >= 4 is 5.69 Å². The van der Waals surface area contributed by atoms with E-state index in [1.54, 1.807) is 12.4 Å². The fourth-order valence-corrected chi connectivity index (χ4v) is 1.55. The van der Waals surface area contributed by atoms with Crippen LogP contribution in [-0.2, 0) is 0 Å². The molecule has 0 radical (unpaired) electrons. The van der Waals surface area contributed by atoms with Gasteiger partial charge in [-0.15, -0.1) is 0 Å². The fourth-order valence-electron chi connectivity index (χ4n) is 1.55. The normalized spacial score (nSPS) is 12.9. The van der Waals surface area contributed by atoms with E-state index < -0.39 is 0 Å². The minimum atomic E-state index is 0.164. The highest BCUT2D eigenvalue weighted by molar-refractivity contribution is 5.44. The summed E-state index contributed by atoms with van der Waals surface area (Å²) in [6.07, 6.45) is 3.53. The van der Waals surface area contributed by atoms with Gasteiger partial charge in [0.15, 0.2) is 0 Å². The largest absolute Gasteiger partial charge is 0.394 e. The predicted molar refractivity (Wildman–Crippen MR) is 58.4 cm³/mol. The Kier molecular flexibility index (Phi) is 3.89. The first-order valence-electron chi connectivity index (χ1n) is 4.90. The molecule has 1 rings (SSSR count). The third-order valence-electron chi connectivity index (χ3n) is 2.52. The van der Waals surface area contributed by atoms with E-state index in [4.69, 9.17) is 0 Å². The molecule has 14 heavy (non-hydrogen) atoms. The lowest BCUT2D eigenvalue weighted by Crippen LogP contribution is -2.38. The lowest BCUT2D eigenvalue weighted by molar-refractivity contribution is 0.234. The van der Waals surface area contributed by atoms with Gasteiger partial charge in [-0.3, -0.25) is 4.98 Å². The number of anilines is 1. The molecule has 78 valence electrons. The molecule has 1 aromatic rings. The standard InChI is InChI=1S/C11H18N2O/c1-9(2)11(8-14)13(3)10-4-6-12-7-5-10/h4-7,9,11,14H,8H2,1-3H3. The maximum atomic E-state index is 9.27. The Morgan fingerprint density at radius 3 is 2.36 bits per heavy atom. The molecule has 3 heteroatoms. The number of hydrogen-bond donors (Lipinski definition) is 1. The van der Waals surface area contributed by atoms with E-state index in [9.17, 15) is 5.11 Å². The van der Waals surface area contributed by atoms with Gasteiger partial charge in [-0.1, -0.05) is 13.8 Å². The number of aliphatic hydroxyl groups is 1. The Morgan fingerprint density at radius 2 is 1.93 bits per heavy atom. The Bertz CT molecular complexity index is 261. The zero-order valence-electron chi connectivity index (χ0n) is 9.01. The fraction of sp³-hybridized carbons (Fsp3) is 0.545. The first-order chi connectivity index (χ1) is 6.66. The second kappa shape index (κ2) is 4.96. The molecule has 0 bridgehead atoms. The van der Waals surface area contributed by atoms with Crippen molar-refractivity contribution in [2.24, 2.45) is 5.92 Å². The average Bonchev–Trinajstić information content (AvgIpc) is 2.19. The van der Waals surface area contributed by atoms with Crippen LogP contribution in [0.15, 0.2) is 24.5 Å². The highest BCUT2D eigenvalue weighted by atomic mass is 16.3. The van der Waals surface area contributed by atoms with Crippen molar-refractivity contribution in [3.63, 3.8) is 0 Å². The number of rotatable bonds is 4. The van der Waals surface area contributed by atoms with Gasteiger partial charge in [-0.25, -0.2) is 0 Å². The number of likely N-dealkylation sites (N-methyl/N-ethyl adjacent to an activating group) is 1. The Hall–Kier alpha value is -1.09. The third-order valence-corrected chi connectivity index (χ3v) is 2.52. The summed E-state index contributed by atoms with van der Waals surface area (Å²) in [7, 11) is 2.00. The molecular formula is C11H18N2O. The molecule has 3 nitrogen and oxygen atoms in total. The third kappa shape index (κ3) is 2.45. The van der Waals surface area contributed by atoms with Crippen LogP contribution in [0.1, 0.15) is 13.8 Å². The molecule has 0 aliphatic rings. The maximum Gasteiger partial charge on any atom is 0.0637 e. The monoisotopic (exact) mass is 194 g/mol. The minimum absolute atomic E-state index is 0.164. The summed E-state index contributed by atoms with van der Waals surface area (Å²) in [5.74, 6) is 0.429. The van der Waals surface area contributed by atoms with Crippen molar-refractivity contribution in [2.45, 2.75) is 19.9 Å². The van der Waals surface area contributed by atoms with Gasteiger partial charge in [0.25, 0.3) is 0 Å². The number of aromatic nitrogens is 1. The number of pyridine rings is 1. The summed E-state index contributed by atoms with van der Waals surface area (Å²) in [5, 5.41) is 9.27. The van der Waals surface area contributed by atoms with E-state index in [1.807, 2.05) is 19.2 Å². The molecular weight excluding hydrogens is 176 g/mol. The quantitative estimate of drug-likeness (QED) is 0.789. The van der Waals surface area contributed by atoms with Gasteiger partial charge in [0, 0.05) is 25.1 Å². The van der Waals surface area contributed by atoms with Crippen LogP contribution in [0.5, 0.6) is 0 Å². The summed E-state index contributed by atoms with van der Waals surface area (Å²) < 4.78 is 0. The van der Waals surface area contributed by atoms with Crippen LogP contribution >= 0.6 is 0 Å². The molecule has 0 spiro atoms. The number of hydrogen-bond acceptors (Lipinski definition) is 3. The molecule has 0 aromatic carbocycles. The summed E-state index contributed by atoms with van der Waals surface area (Å²) in [6.45, 7) is 4.40. The minimum Gasteiger partial charge on any atom is -0.394 e. The lowest BCUT2D eigenvalue weighted by atomic mass is 10.0. The SMILES string of the molecule is CC(C)C(CO)N(C)c1ccncc1. The van der Waals surface area contributed by atoms with Crippen molar-refractivity contribution in [1.29, 1.82) is 0 Å². The molecule has 0 aliphatic heterocycles. The van der Waals surface area contributed by atoms with Crippen molar-refractivity contribution in [3.8, 4) is 0 Å². The topological polar surface area (TPSA) is 36.4 Å². The number of aliphatic hydroxyl groups excluding tert-OH is 1. The molecule has 1 N–H and O–H groups in total. The summed E-state index contributed by atoms with van der Waals surface area (Å²) >= 11 is 0. The molecule has 1 atom stereocenters. The second-order valence-electron chi connectivity index (χ2n) is 3.81. The zero-order chi connectivity index (χ0) is 10.6. The predicted octanol–water partition coefficient (Wildman–Crippen LogP) is 1.53. The van der Waals surface area contributed by atoms with E-state index in [0.29, 0.717) is 5.92 Å². The van der Waals surface area contributed by atoms with E-state index in [2.05, 4.69) is 23.7 Å². The van der Waals surface area contributed by atoms with Gasteiger partial charge in [0.1, 0.15) is 0 Å². The lowest BCUT2D eigenvalue weighted by Gasteiger charge is -2.31. The van der Waals surface area contributed by atoms with Crippen LogP contribution in [0.3, 0.4) is 0 Å². The van der Waals surface area contributed by atoms with Crippen molar-refractivity contribution < 1.29 is 5.11 Å². The van der Waals surface area contributed by atoms with Crippen molar-refractivity contribution in [2.75, 3.05) is 18.6 Å². The van der Waals surface area contributed by atoms with Crippen LogP contribution in [0, 0.1) is 5.92 Å². The molecule has 0 fully saturated rings. The highest BCUT2D eigenvalue weighted by Gasteiger charge is 2.17. The molecule has 1 aromatic heterocycles. The van der Waals surface area contributed by atoms with E-state index in [1.165, 1.54) is 0 Å². The molecule has 0 amide bonds. The Balaban J connectivity index is 2.78. The zero-order valence-corrected chi connectivity index (χ0v) is 9.01. The van der Waals surface area contributed by atoms with E-state index >= 15 is 0 Å². The Morgan fingerprint density at radius 1 is 1.36 bits per heavy atom. The van der Waals surface area contributed by atoms with Crippen LogP contribution < -0.4 is 4.90 Å². The van der Waals surface area contributed by atoms with Gasteiger partial charge < -0.3 is 10.0 Å². The van der Waals surface area contributed by atoms with Crippen LogP contribution in [0.4, 0.5) is 5.69 Å². The van der Waals surface area contributed by atoms with Crippen LogP contribution in [0.25, 0.3) is 0 Å². The number of nitrogens with zero attached hydrogens (tertiary/aromatic N) is 2. The maximum absolute atomic E-state index is 9.27. The van der Waals surface area contributed by atoms with Crippen LogP contribution in [0.2, 0.25) is 0 Å². The first kappa shape index (κ1) is 11.0. The second-order valence-corrected chi connectivity index (χ2v) is 3.81. The molecule has 1 heterocycles. The van der Waals surface area contributed by atoms with Gasteiger partial charge in [0.05, 0.1) is 12.6 Å². The average molecular weight is 194 g/mol.